The third kappa shape index (κ3) is 4.75. The summed E-state index contributed by atoms with van der Waals surface area (Å²) in [6, 6.07) is 4.84. The first kappa shape index (κ1) is 14.6. The Balaban J connectivity index is 2.91. The number of nitrogens with zero attached hydrogens (tertiary/aromatic N) is 1. The van der Waals surface area contributed by atoms with E-state index in [4.69, 9.17) is 10.00 Å². The van der Waals surface area contributed by atoms with E-state index in [1.165, 1.54) is 13.2 Å². The summed E-state index contributed by atoms with van der Waals surface area (Å²) in [4.78, 5) is 11.2. The SMILES string of the molecule is COc1cc(OC(F)(F)F)ccc1NC(=O)CC#N. The first-order valence-corrected chi connectivity index (χ1v) is 4.96. The van der Waals surface area contributed by atoms with Crippen LogP contribution in [0.5, 0.6) is 11.5 Å². The quantitative estimate of drug-likeness (QED) is 0.915. The predicted octanol–water partition coefficient (Wildman–Crippen LogP) is 2.45. The zero-order valence-electron chi connectivity index (χ0n) is 9.75. The van der Waals surface area contributed by atoms with E-state index in [1.807, 2.05) is 0 Å². The lowest BCUT2D eigenvalue weighted by atomic mass is 10.2. The molecule has 0 unspecified atom stereocenters. The molecule has 0 bridgehead atoms. The number of ether oxygens (including phenoxy) is 2. The van der Waals surface area contributed by atoms with Crippen molar-refractivity contribution in [3.8, 4) is 17.6 Å². The molecule has 1 N–H and O–H groups in total. The lowest BCUT2D eigenvalue weighted by Gasteiger charge is -2.13. The standard InChI is InChI=1S/C11H9F3N2O3/c1-18-9-6-7(19-11(12,13)14)2-3-8(9)16-10(17)4-5-15/h2-3,6H,4H2,1H3,(H,16,17). The minimum absolute atomic E-state index is 0.00644. The second-order valence-electron chi connectivity index (χ2n) is 3.29. The van der Waals surface area contributed by atoms with Gasteiger partial charge in [-0.05, 0) is 12.1 Å². The molecule has 0 aliphatic heterocycles. The fraction of sp³-hybridized carbons (Fsp3) is 0.273. The summed E-state index contributed by atoms with van der Waals surface area (Å²) in [7, 11) is 1.23. The minimum atomic E-state index is -4.81. The number of benzene rings is 1. The smallest absolute Gasteiger partial charge is 0.494 e. The molecule has 0 spiro atoms. The monoisotopic (exact) mass is 274 g/mol. The van der Waals surface area contributed by atoms with Crippen molar-refractivity contribution in [2.75, 3.05) is 12.4 Å². The molecule has 1 rings (SSSR count). The molecule has 0 atom stereocenters. The van der Waals surface area contributed by atoms with E-state index in [2.05, 4.69) is 10.1 Å². The summed E-state index contributed by atoms with van der Waals surface area (Å²) in [6.45, 7) is 0. The molecular formula is C11H9F3N2O3. The zero-order chi connectivity index (χ0) is 14.5. The first-order chi connectivity index (χ1) is 8.85. The molecule has 8 heteroatoms. The number of carbonyl (C=O) groups excluding carboxylic acids is 1. The molecule has 0 radical (unpaired) electrons. The largest absolute Gasteiger partial charge is 0.573 e. The fourth-order valence-electron chi connectivity index (χ4n) is 1.24. The fourth-order valence-corrected chi connectivity index (χ4v) is 1.24. The molecule has 1 aromatic rings. The van der Waals surface area contributed by atoms with E-state index in [-0.39, 0.29) is 17.9 Å². The van der Waals surface area contributed by atoms with Crippen molar-refractivity contribution >= 4 is 11.6 Å². The van der Waals surface area contributed by atoms with Gasteiger partial charge in [0.1, 0.15) is 17.9 Å². The molecule has 5 nitrogen and oxygen atoms in total. The van der Waals surface area contributed by atoms with Crippen molar-refractivity contribution in [1.29, 1.82) is 5.26 Å². The number of alkyl halides is 3. The number of methoxy groups -OCH3 is 1. The highest BCUT2D eigenvalue weighted by Crippen LogP contribution is 2.32. The molecule has 0 heterocycles. The van der Waals surface area contributed by atoms with Crippen LogP contribution in [0, 0.1) is 11.3 Å². The number of nitrogens with one attached hydrogen (secondary N) is 1. The Morgan fingerprint density at radius 2 is 2.16 bits per heavy atom. The van der Waals surface area contributed by atoms with E-state index < -0.39 is 18.0 Å². The van der Waals surface area contributed by atoms with E-state index in [1.54, 1.807) is 6.07 Å². The summed E-state index contributed by atoms with van der Waals surface area (Å²) in [5.74, 6) is -1.07. The normalized spacial score (nSPS) is 10.5. The number of anilines is 1. The molecule has 0 fully saturated rings. The van der Waals surface area contributed by atoms with Crippen LogP contribution in [0.4, 0.5) is 18.9 Å². The number of hydrogen-bond acceptors (Lipinski definition) is 4. The van der Waals surface area contributed by atoms with Crippen molar-refractivity contribution in [1.82, 2.24) is 0 Å². The van der Waals surface area contributed by atoms with Gasteiger partial charge in [-0.15, -0.1) is 13.2 Å². The Morgan fingerprint density at radius 1 is 1.47 bits per heavy atom. The molecule has 1 amide bonds. The van der Waals surface area contributed by atoms with Gasteiger partial charge in [-0.2, -0.15) is 5.26 Å². The molecule has 0 aromatic heterocycles. The van der Waals surface area contributed by atoms with Gasteiger partial charge in [-0.3, -0.25) is 4.79 Å². The number of halogens is 3. The molecule has 19 heavy (non-hydrogen) atoms. The average molecular weight is 274 g/mol. The Labute approximate surface area is 106 Å². The number of amides is 1. The van der Waals surface area contributed by atoms with Crippen LogP contribution in [0.25, 0.3) is 0 Å². The Kier molecular flexibility index (Phi) is 4.58. The van der Waals surface area contributed by atoms with Gasteiger partial charge < -0.3 is 14.8 Å². The second-order valence-corrected chi connectivity index (χ2v) is 3.29. The van der Waals surface area contributed by atoms with E-state index in [9.17, 15) is 18.0 Å². The van der Waals surface area contributed by atoms with Crippen molar-refractivity contribution in [3.63, 3.8) is 0 Å². The highest BCUT2D eigenvalue weighted by atomic mass is 19.4. The third-order valence-corrected chi connectivity index (χ3v) is 1.92. The van der Waals surface area contributed by atoms with Crippen molar-refractivity contribution in [3.05, 3.63) is 18.2 Å². The summed E-state index contributed by atoms with van der Waals surface area (Å²) in [6.07, 6.45) is -5.18. The topological polar surface area (TPSA) is 71.3 Å². The van der Waals surface area contributed by atoms with E-state index >= 15 is 0 Å². The van der Waals surface area contributed by atoms with Crippen molar-refractivity contribution in [2.24, 2.45) is 0 Å². The maximum absolute atomic E-state index is 12.0. The van der Waals surface area contributed by atoms with Crippen LogP contribution in [0.3, 0.4) is 0 Å². The van der Waals surface area contributed by atoms with Gasteiger partial charge in [0.15, 0.2) is 0 Å². The van der Waals surface area contributed by atoms with Crippen LogP contribution in [0.15, 0.2) is 18.2 Å². The minimum Gasteiger partial charge on any atom is -0.494 e. The van der Waals surface area contributed by atoms with Crippen molar-refractivity contribution in [2.45, 2.75) is 12.8 Å². The molecular weight excluding hydrogens is 265 g/mol. The number of nitriles is 1. The Hall–Kier alpha value is -2.43. The molecule has 0 saturated heterocycles. The predicted molar refractivity (Wildman–Crippen MR) is 58.5 cm³/mol. The third-order valence-electron chi connectivity index (χ3n) is 1.92. The van der Waals surface area contributed by atoms with Gasteiger partial charge in [-0.25, -0.2) is 0 Å². The highest BCUT2D eigenvalue weighted by molar-refractivity contribution is 5.93. The van der Waals surface area contributed by atoms with Crippen molar-refractivity contribution < 1.29 is 27.4 Å². The summed E-state index contributed by atoms with van der Waals surface area (Å²) in [5.41, 5.74) is 0.150. The molecule has 0 aliphatic carbocycles. The molecule has 1 aromatic carbocycles. The van der Waals surface area contributed by atoms with Gasteiger partial charge >= 0.3 is 6.36 Å². The van der Waals surface area contributed by atoms with Gasteiger partial charge in [0, 0.05) is 6.07 Å². The van der Waals surface area contributed by atoms with Crippen LogP contribution in [-0.4, -0.2) is 19.4 Å². The number of rotatable bonds is 4. The van der Waals surface area contributed by atoms with Crippen LogP contribution in [-0.2, 0) is 4.79 Å². The second kappa shape index (κ2) is 5.95. The van der Waals surface area contributed by atoms with Gasteiger partial charge in [0.05, 0.1) is 18.9 Å². The lowest BCUT2D eigenvalue weighted by molar-refractivity contribution is -0.274. The van der Waals surface area contributed by atoms with Crippen LogP contribution >= 0.6 is 0 Å². The lowest BCUT2D eigenvalue weighted by Crippen LogP contribution is -2.17. The molecule has 0 saturated carbocycles. The van der Waals surface area contributed by atoms with Crippen LogP contribution < -0.4 is 14.8 Å². The zero-order valence-corrected chi connectivity index (χ0v) is 9.75. The highest BCUT2D eigenvalue weighted by Gasteiger charge is 2.31. The molecule has 0 aliphatic rings. The summed E-state index contributed by atoms with van der Waals surface area (Å²) in [5, 5.41) is 10.7. The Bertz CT molecular complexity index is 509. The van der Waals surface area contributed by atoms with E-state index in [0.717, 1.165) is 12.1 Å². The summed E-state index contributed by atoms with van der Waals surface area (Å²) < 4.78 is 44.6. The maximum Gasteiger partial charge on any atom is 0.573 e. The van der Waals surface area contributed by atoms with Crippen LogP contribution in [0.1, 0.15) is 6.42 Å². The number of carbonyl (C=O) groups is 1. The summed E-state index contributed by atoms with van der Waals surface area (Å²) >= 11 is 0. The van der Waals surface area contributed by atoms with Gasteiger partial charge in [0.25, 0.3) is 0 Å². The Morgan fingerprint density at radius 3 is 2.68 bits per heavy atom. The van der Waals surface area contributed by atoms with Crippen LogP contribution in [0.2, 0.25) is 0 Å². The van der Waals surface area contributed by atoms with Gasteiger partial charge in [0.2, 0.25) is 5.91 Å². The molecule has 102 valence electrons. The van der Waals surface area contributed by atoms with Gasteiger partial charge in [-0.1, -0.05) is 0 Å². The van der Waals surface area contributed by atoms with E-state index in [0.29, 0.717) is 0 Å². The maximum atomic E-state index is 12.0. The first-order valence-electron chi connectivity index (χ1n) is 4.96. The number of hydrogen-bond donors (Lipinski definition) is 1. The average Bonchev–Trinajstić information content (AvgIpc) is 2.29.